The molecule has 0 bridgehead atoms. The molecule has 0 amide bonds. The summed E-state index contributed by atoms with van der Waals surface area (Å²) < 4.78 is 15.1. The molecular formula is C7H8FNS. The van der Waals surface area contributed by atoms with Crippen LogP contribution in [0.4, 0.5) is 4.39 Å². The molecule has 0 aliphatic rings. The van der Waals surface area contributed by atoms with Crippen molar-refractivity contribution >= 4 is 12.8 Å². The van der Waals surface area contributed by atoms with Crippen molar-refractivity contribution < 1.29 is 4.39 Å². The molecule has 1 nitrogen and oxygen atoms in total. The highest BCUT2D eigenvalue weighted by Gasteiger charge is 1.91. The third-order valence-corrected chi connectivity index (χ3v) is 1.33. The normalized spacial score (nSPS) is 9.80. The summed E-state index contributed by atoms with van der Waals surface area (Å²) in [4.78, 5) is 0. The van der Waals surface area contributed by atoms with Crippen molar-refractivity contribution in [1.29, 1.82) is 0 Å². The Morgan fingerprint density at radius 2 is 2.30 bits per heavy atom. The average Bonchev–Trinajstić information content (AvgIpc) is 1.88. The zero-order valence-electron chi connectivity index (χ0n) is 5.34. The molecule has 1 rings (SSSR count). The summed E-state index contributed by atoms with van der Waals surface area (Å²) in [5, 5.41) is 0. The molecule has 0 saturated heterocycles. The minimum Gasteiger partial charge on any atom is -0.262 e. The quantitative estimate of drug-likeness (QED) is 0.623. The number of hydrogen-bond acceptors (Lipinski definition) is 2. The second-order valence-electron chi connectivity index (χ2n) is 1.96. The molecule has 1 aromatic carbocycles. The van der Waals surface area contributed by atoms with E-state index in [-0.39, 0.29) is 5.82 Å². The highest BCUT2D eigenvalue weighted by Crippen LogP contribution is 2.02. The average molecular weight is 157 g/mol. The molecule has 0 unspecified atom stereocenters. The Labute approximate surface area is 64.8 Å². The molecule has 0 heterocycles. The summed E-state index contributed by atoms with van der Waals surface area (Å²) in [6, 6.07) is 6.41. The van der Waals surface area contributed by atoms with Crippen molar-refractivity contribution in [3.05, 3.63) is 35.6 Å². The number of hydrogen-bond donors (Lipinski definition) is 2. The fourth-order valence-electron chi connectivity index (χ4n) is 0.738. The Hall–Kier alpha value is -0.540. The molecule has 1 N–H and O–H groups in total. The SMILES string of the molecule is Fc1cccc(CNS)c1. The van der Waals surface area contributed by atoms with Crippen LogP contribution in [-0.2, 0) is 6.54 Å². The van der Waals surface area contributed by atoms with E-state index in [1.54, 1.807) is 6.07 Å². The Balaban J connectivity index is 2.75. The van der Waals surface area contributed by atoms with Gasteiger partial charge in [-0.2, -0.15) is 0 Å². The summed E-state index contributed by atoms with van der Waals surface area (Å²) in [7, 11) is 0. The van der Waals surface area contributed by atoms with Gasteiger partial charge in [-0.15, -0.1) is 0 Å². The van der Waals surface area contributed by atoms with E-state index >= 15 is 0 Å². The lowest BCUT2D eigenvalue weighted by atomic mass is 10.2. The zero-order chi connectivity index (χ0) is 7.40. The highest BCUT2D eigenvalue weighted by molar-refractivity contribution is 7.78. The van der Waals surface area contributed by atoms with E-state index in [9.17, 15) is 4.39 Å². The third kappa shape index (κ3) is 2.01. The van der Waals surface area contributed by atoms with E-state index in [2.05, 4.69) is 17.5 Å². The van der Waals surface area contributed by atoms with Crippen molar-refractivity contribution in [2.75, 3.05) is 0 Å². The van der Waals surface area contributed by atoms with Crippen LogP contribution in [0.15, 0.2) is 24.3 Å². The van der Waals surface area contributed by atoms with Crippen molar-refractivity contribution in [2.24, 2.45) is 0 Å². The summed E-state index contributed by atoms with van der Waals surface area (Å²) in [6.45, 7) is 0.584. The van der Waals surface area contributed by atoms with Crippen LogP contribution in [0.1, 0.15) is 5.56 Å². The molecule has 0 aliphatic carbocycles. The van der Waals surface area contributed by atoms with Crippen molar-refractivity contribution in [3.63, 3.8) is 0 Å². The number of halogens is 1. The van der Waals surface area contributed by atoms with Crippen LogP contribution in [0.25, 0.3) is 0 Å². The van der Waals surface area contributed by atoms with Crippen LogP contribution in [0, 0.1) is 5.82 Å². The van der Waals surface area contributed by atoms with Gasteiger partial charge in [-0.3, -0.25) is 4.72 Å². The molecule has 0 fully saturated rings. The molecule has 0 atom stereocenters. The fourth-order valence-corrected chi connectivity index (χ4v) is 0.921. The Kier molecular flexibility index (Phi) is 2.71. The number of nitrogens with one attached hydrogen (secondary N) is 1. The van der Waals surface area contributed by atoms with Crippen LogP contribution >= 0.6 is 12.8 Å². The molecular weight excluding hydrogens is 149 g/mol. The largest absolute Gasteiger partial charge is 0.262 e. The van der Waals surface area contributed by atoms with Gasteiger partial charge in [0, 0.05) is 6.54 Å². The molecule has 3 heteroatoms. The molecule has 54 valence electrons. The predicted octanol–water partition coefficient (Wildman–Crippen LogP) is 1.76. The minimum atomic E-state index is -0.207. The lowest BCUT2D eigenvalue weighted by Gasteiger charge is -1.96. The molecule has 0 saturated carbocycles. The number of benzene rings is 1. The van der Waals surface area contributed by atoms with Gasteiger partial charge in [0.05, 0.1) is 0 Å². The first-order valence-electron chi connectivity index (χ1n) is 2.94. The highest BCUT2D eigenvalue weighted by atomic mass is 32.1. The Morgan fingerprint density at radius 3 is 2.90 bits per heavy atom. The standard InChI is InChI=1S/C7H8FNS/c8-7-3-1-2-6(4-7)5-9-10/h1-4,9-10H,5H2. The number of rotatable bonds is 2. The summed E-state index contributed by atoms with van der Waals surface area (Å²) in [6.07, 6.45) is 0. The van der Waals surface area contributed by atoms with Crippen LogP contribution in [-0.4, -0.2) is 0 Å². The first-order chi connectivity index (χ1) is 4.83. The maximum atomic E-state index is 12.4. The van der Waals surface area contributed by atoms with E-state index < -0.39 is 0 Å². The minimum absolute atomic E-state index is 0.207. The van der Waals surface area contributed by atoms with Gasteiger partial charge in [0.1, 0.15) is 5.82 Å². The van der Waals surface area contributed by atoms with Gasteiger partial charge in [0.25, 0.3) is 0 Å². The molecule has 10 heavy (non-hydrogen) atoms. The molecule has 1 aromatic rings. The molecule has 0 radical (unpaired) electrons. The fraction of sp³-hybridized carbons (Fsp3) is 0.143. The van der Waals surface area contributed by atoms with Gasteiger partial charge in [0.2, 0.25) is 0 Å². The maximum Gasteiger partial charge on any atom is 0.123 e. The maximum absolute atomic E-state index is 12.4. The Morgan fingerprint density at radius 1 is 1.50 bits per heavy atom. The molecule has 0 aromatic heterocycles. The lowest BCUT2D eigenvalue weighted by molar-refractivity contribution is 0.625. The van der Waals surface area contributed by atoms with Crippen LogP contribution in [0.2, 0.25) is 0 Å². The van der Waals surface area contributed by atoms with Crippen LogP contribution in [0.5, 0.6) is 0 Å². The van der Waals surface area contributed by atoms with Crippen molar-refractivity contribution in [3.8, 4) is 0 Å². The van der Waals surface area contributed by atoms with E-state index in [0.717, 1.165) is 5.56 Å². The molecule has 0 spiro atoms. The van der Waals surface area contributed by atoms with Crippen LogP contribution < -0.4 is 4.72 Å². The summed E-state index contributed by atoms with van der Waals surface area (Å²) in [5.74, 6) is -0.207. The van der Waals surface area contributed by atoms with Crippen molar-refractivity contribution in [2.45, 2.75) is 6.54 Å². The van der Waals surface area contributed by atoms with Gasteiger partial charge in [-0.1, -0.05) is 24.9 Å². The van der Waals surface area contributed by atoms with E-state index in [4.69, 9.17) is 0 Å². The lowest BCUT2D eigenvalue weighted by Crippen LogP contribution is -1.97. The summed E-state index contributed by atoms with van der Waals surface area (Å²) in [5.41, 5.74) is 0.898. The predicted molar refractivity (Wildman–Crippen MR) is 42.2 cm³/mol. The van der Waals surface area contributed by atoms with E-state index in [0.29, 0.717) is 6.54 Å². The van der Waals surface area contributed by atoms with Gasteiger partial charge < -0.3 is 0 Å². The molecule has 0 aliphatic heterocycles. The van der Waals surface area contributed by atoms with Crippen LogP contribution in [0.3, 0.4) is 0 Å². The first kappa shape index (κ1) is 7.57. The number of thiol groups is 1. The van der Waals surface area contributed by atoms with Gasteiger partial charge >= 0.3 is 0 Å². The van der Waals surface area contributed by atoms with E-state index in [1.807, 2.05) is 6.07 Å². The second kappa shape index (κ2) is 3.58. The van der Waals surface area contributed by atoms with Gasteiger partial charge in [0.15, 0.2) is 0 Å². The monoisotopic (exact) mass is 157 g/mol. The van der Waals surface area contributed by atoms with Gasteiger partial charge in [-0.05, 0) is 17.7 Å². The first-order valence-corrected chi connectivity index (χ1v) is 3.39. The van der Waals surface area contributed by atoms with Crippen molar-refractivity contribution in [1.82, 2.24) is 4.72 Å². The van der Waals surface area contributed by atoms with Gasteiger partial charge in [-0.25, -0.2) is 4.39 Å². The third-order valence-electron chi connectivity index (χ3n) is 1.17. The topological polar surface area (TPSA) is 12.0 Å². The smallest absolute Gasteiger partial charge is 0.123 e. The summed E-state index contributed by atoms with van der Waals surface area (Å²) >= 11 is 3.79. The Bertz CT molecular complexity index is 215. The zero-order valence-corrected chi connectivity index (χ0v) is 6.24. The second-order valence-corrected chi connectivity index (χ2v) is 2.28. The van der Waals surface area contributed by atoms with E-state index in [1.165, 1.54) is 12.1 Å².